The molecule has 0 atom stereocenters. The minimum absolute atomic E-state index is 0.270. The first-order chi connectivity index (χ1) is 13.5. The number of ketones is 1. The van der Waals surface area contributed by atoms with Crippen LogP contribution in [0.1, 0.15) is 67.7 Å². The van der Waals surface area contributed by atoms with Crippen LogP contribution in [0.3, 0.4) is 0 Å². The van der Waals surface area contributed by atoms with Crippen molar-refractivity contribution in [1.82, 2.24) is 0 Å². The molecule has 0 aliphatic heterocycles. The Morgan fingerprint density at radius 2 is 0.724 bits per heavy atom. The summed E-state index contributed by atoms with van der Waals surface area (Å²) in [5.74, 6) is -12.1. The van der Waals surface area contributed by atoms with Crippen molar-refractivity contribution in [2.24, 2.45) is 0 Å². The first kappa shape index (κ1) is 20.8. The summed E-state index contributed by atoms with van der Waals surface area (Å²) in [5.41, 5.74) is -9.01. The van der Waals surface area contributed by atoms with E-state index >= 15 is 0 Å². The molecule has 0 spiro atoms. The van der Waals surface area contributed by atoms with Crippen molar-refractivity contribution in [3.8, 4) is 0 Å². The van der Waals surface area contributed by atoms with Crippen LogP contribution < -0.4 is 0 Å². The first-order valence-corrected chi connectivity index (χ1v) is 7.50. The smallest absolute Gasteiger partial charge is 0.337 e. The lowest BCUT2D eigenvalue weighted by molar-refractivity contribution is 0.0607. The van der Waals surface area contributed by atoms with Gasteiger partial charge in [0.1, 0.15) is 0 Å². The van der Waals surface area contributed by atoms with Crippen LogP contribution in [0.2, 0.25) is 0 Å². The molecule has 0 bridgehead atoms. The van der Waals surface area contributed by atoms with Crippen LogP contribution in [0.15, 0.2) is 30.3 Å². The zero-order chi connectivity index (χ0) is 22.0. The topological polar surface area (TPSA) is 204 Å². The molecule has 0 heterocycles. The minimum Gasteiger partial charge on any atom is -0.478 e. The van der Waals surface area contributed by atoms with E-state index in [2.05, 4.69) is 0 Å². The lowest BCUT2D eigenvalue weighted by Gasteiger charge is -2.17. The first-order valence-electron chi connectivity index (χ1n) is 7.50. The van der Waals surface area contributed by atoms with Crippen molar-refractivity contribution in [3.05, 3.63) is 69.3 Å². The van der Waals surface area contributed by atoms with Crippen LogP contribution in [0.5, 0.6) is 0 Å². The van der Waals surface area contributed by atoms with E-state index in [0.717, 1.165) is 12.1 Å². The number of benzene rings is 2. The highest BCUT2D eigenvalue weighted by Gasteiger charge is 2.40. The Bertz CT molecular complexity index is 1040. The van der Waals surface area contributed by atoms with Gasteiger partial charge in [0, 0.05) is 5.56 Å². The van der Waals surface area contributed by atoms with Gasteiger partial charge in [0.15, 0.2) is 5.78 Å². The summed E-state index contributed by atoms with van der Waals surface area (Å²) in [7, 11) is 0. The highest BCUT2D eigenvalue weighted by Crippen LogP contribution is 2.31. The minimum atomic E-state index is -2.19. The van der Waals surface area contributed by atoms with Crippen LogP contribution in [0.25, 0.3) is 0 Å². The van der Waals surface area contributed by atoms with Gasteiger partial charge in [-0.05, 0) is 0 Å². The Morgan fingerprint density at radius 1 is 0.448 bits per heavy atom. The standard InChI is InChI=1S/C18H10O11/c19-13(6-4-2-1-3-5-6)7-8(14(20)21)10(16(24)25)12(18(28)29)11(17(26)27)9(7)15(22)23/h1-5H,(H,20,21)(H,22,23)(H,24,25)(H,26,27)(H,28,29). The molecule has 0 unspecified atom stereocenters. The fraction of sp³-hybridized carbons (Fsp3) is 0. The predicted molar refractivity (Wildman–Crippen MR) is 91.1 cm³/mol. The molecule has 148 valence electrons. The van der Waals surface area contributed by atoms with E-state index < -0.39 is 69.0 Å². The largest absolute Gasteiger partial charge is 0.478 e. The average molecular weight is 402 g/mol. The van der Waals surface area contributed by atoms with E-state index in [9.17, 15) is 54.3 Å². The van der Waals surface area contributed by atoms with Gasteiger partial charge >= 0.3 is 29.8 Å². The van der Waals surface area contributed by atoms with Gasteiger partial charge < -0.3 is 25.5 Å². The molecule has 0 saturated heterocycles. The maximum atomic E-state index is 12.9. The van der Waals surface area contributed by atoms with E-state index in [4.69, 9.17) is 0 Å². The molecular formula is C18H10O11. The Kier molecular flexibility index (Phi) is 5.44. The molecule has 0 aromatic heterocycles. The Morgan fingerprint density at radius 3 is 1.00 bits per heavy atom. The third-order valence-corrected chi connectivity index (χ3v) is 3.83. The second-order valence-electron chi connectivity index (χ2n) is 5.47. The number of hydrogen-bond acceptors (Lipinski definition) is 6. The Hall–Kier alpha value is -4.54. The Balaban J connectivity index is 3.25. The van der Waals surface area contributed by atoms with Gasteiger partial charge in [-0.2, -0.15) is 0 Å². The second kappa shape index (κ2) is 7.60. The zero-order valence-corrected chi connectivity index (χ0v) is 14.1. The number of rotatable bonds is 7. The molecular weight excluding hydrogens is 392 g/mol. The SMILES string of the molecule is O=C(O)c1c(C(=O)O)c(C(=O)O)c(C(=O)c2ccccc2)c(C(=O)O)c1C(=O)O. The molecule has 0 aliphatic rings. The molecule has 11 nitrogen and oxygen atoms in total. The van der Waals surface area contributed by atoms with E-state index in [1.54, 1.807) is 0 Å². The van der Waals surface area contributed by atoms with Crippen molar-refractivity contribution >= 4 is 35.6 Å². The maximum Gasteiger partial charge on any atom is 0.337 e. The van der Waals surface area contributed by atoms with Gasteiger partial charge in [-0.1, -0.05) is 30.3 Å². The number of carboxylic acid groups (broad SMARTS) is 5. The third kappa shape index (κ3) is 3.51. The average Bonchev–Trinajstić information content (AvgIpc) is 2.64. The van der Waals surface area contributed by atoms with Crippen LogP contribution in [-0.4, -0.2) is 61.2 Å². The molecule has 2 rings (SSSR count). The summed E-state index contributed by atoms with van der Waals surface area (Å²) < 4.78 is 0. The van der Waals surface area contributed by atoms with E-state index in [-0.39, 0.29) is 5.56 Å². The quantitative estimate of drug-likeness (QED) is 0.419. The van der Waals surface area contributed by atoms with Gasteiger partial charge in [0.05, 0.1) is 33.4 Å². The number of carbonyl (C=O) groups excluding carboxylic acids is 1. The summed E-state index contributed by atoms with van der Waals surface area (Å²) >= 11 is 0. The van der Waals surface area contributed by atoms with Gasteiger partial charge in [-0.25, -0.2) is 24.0 Å². The van der Waals surface area contributed by atoms with Gasteiger partial charge in [0.25, 0.3) is 0 Å². The van der Waals surface area contributed by atoms with Crippen molar-refractivity contribution in [2.75, 3.05) is 0 Å². The summed E-state index contributed by atoms with van der Waals surface area (Å²) in [6, 6.07) is 6.48. The van der Waals surface area contributed by atoms with Crippen LogP contribution >= 0.6 is 0 Å². The van der Waals surface area contributed by atoms with Gasteiger partial charge in [-0.15, -0.1) is 0 Å². The van der Waals surface area contributed by atoms with Crippen molar-refractivity contribution in [3.63, 3.8) is 0 Å². The fourth-order valence-corrected chi connectivity index (χ4v) is 2.78. The molecule has 5 N–H and O–H groups in total. The third-order valence-electron chi connectivity index (χ3n) is 3.83. The predicted octanol–water partition coefficient (Wildman–Crippen LogP) is 1.41. The van der Waals surface area contributed by atoms with Crippen molar-refractivity contribution < 1.29 is 54.3 Å². The normalized spacial score (nSPS) is 10.2. The molecule has 0 radical (unpaired) electrons. The zero-order valence-electron chi connectivity index (χ0n) is 14.1. The number of aromatic carboxylic acids is 5. The molecule has 2 aromatic rings. The summed E-state index contributed by atoms with van der Waals surface area (Å²) in [4.78, 5) is 71.2. The summed E-state index contributed by atoms with van der Waals surface area (Å²) in [6.45, 7) is 0. The number of carboxylic acids is 5. The van der Waals surface area contributed by atoms with Crippen molar-refractivity contribution in [1.29, 1.82) is 0 Å². The molecule has 0 saturated carbocycles. The lowest BCUT2D eigenvalue weighted by Crippen LogP contribution is -2.28. The van der Waals surface area contributed by atoms with Crippen LogP contribution in [-0.2, 0) is 0 Å². The summed E-state index contributed by atoms with van der Waals surface area (Å²) in [6.07, 6.45) is 0. The van der Waals surface area contributed by atoms with E-state index in [1.807, 2.05) is 0 Å². The molecule has 0 amide bonds. The van der Waals surface area contributed by atoms with E-state index in [1.165, 1.54) is 18.2 Å². The van der Waals surface area contributed by atoms with Crippen LogP contribution in [0.4, 0.5) is 0 Å². The van der Waals surface area contributed by atoms with E-state index in [0.29, 0.717) is 0 Å². The molecule has 29 heavy (non-hydrogen) atoms. The molecule has 11 heteroatoms. The monoisotopic (exact) mass is 402 g/mol. The highest BCUT2D eigenvalue weighted by molar-refractivity contribution is 6.26. The lowest BCUT2D eigenvalue weighted by atomic mass is 9.83. The Labute approximate surface area is 160 Å². The van der Waals surface area contributed by atoms with Gasteiger partial charge in [-0.3, -0.25) is 4.79 Å². The molecule has 0 fully saturated rings. The van der Waals surface area contributed by atoms with Crippen LogP contribution in [0, 0.1) is 0 Å². The molecule has 2 aromatic carbocycles. The molecule has 0 aliphatic carbocycles. The number of carbonyl (C=O) groups is 6. The second-order valence-corrected chi connectivity index (χ2v) is 5.47. The fourth-order valence-electron chi connectivity index (χ4n) is 2.78. The maximum absolute atomic E-state index is 12.9. The highest BCUT2D eigenvalue weighted by atomic mass is 16.4. The number of hydrogen-bond donors (Lipinski definition) is 5. The van der Waals surface area contributed by atoms with Gasteiger partial charge in [0.2, 0.25) is 0 Å². The summed E-state index contributed by atoms with van der Waals surface area (Å²) in [5, 5.41) is 47.0. The van der Waals surface area contributed by atoms with Crippen molar-refractivity contribution in [2.45, 2.75) is 0 Å².